The number of carbonyl (C=O) groups is 1. The number of amides is 1. The van der Waals surface area contributed by atoms with Crippen molar-refractivity contribution < 1.29 is 17.4 Å². The Morgan fingerprint density at radius 3 is 2.75 bits per heavy atom. The lowest BCUT2D eigenvalue weighted by molar-refractivity contribution is -0.116. The van der Waals surface area contributed by atoms with Crippen molar-refractivity contribution >= 4 is 32.4 Å². The van der Waals surface area contributed by atoms with Crippen LogP contribution in [0.4, 0.5) is 5.69 Å². The molecule has 24 heavy (non-hydrogen) atoms. The number of rotatable bonds is 4. The molecule has 0 radical (unpaired) electrons. The van der Waals surface area contributed by atoms with Gasteiger partial charge in [-0.1, -0.05) is 6.07 Å². The fourth-order valence-corrected chi connectivity index (χ4v) is 4.06. The van der Waals surface area contributed by atoms with E-state index in [2.05, 4.69) is 4.98 Å². The first kappa shape index (κ1) is 16.7. The molecule has 3 rings (SSSR count). The van der Waals surface area contributed by atoms with Crippen LogP contribution in [0.1, 0.15) is 5.56 Å². The van der Waals surface area contributed by atoms with Gasteiger partial charge in [-0.15, -0.1) is 0 Å². The molecule has 1 amide bonds. The van der Waals surface area contributed by atoms with Crippen molar-refractivity contribution in [2.75, 3.05) is 17.2 Å². The highest BCUT2D eigenvalue weighted by molar-refractivity contribution is 7.89. The number of fused-ring (bicyclic) bond motifs is 1. The van der Waals surface area contributed by atoms with Crippen molar-refractivity contribution in [3.8, 4) is 0 Å². The van der Waals surface area contributed by atoms with Gasteiger partial charge in [-0.3, -0.25) is 9.00 Å². The highest BCUT2D eigenvalue weighted by Gasteiger charge is 2.27. The summed E-state index contributed by atoms with van der Waals surface area (Å²) in [7, 11) is -5.30. The van der Waals surface area contributed by atoms with Gasteiger partial charge in [-0.2, -0.15) is 0 Å². The van der Waals surface area contributed by atoms with Crippen LogP contribution in [-0.2, 0) is 32.0 Å². The van der Waals surface area contributed by atoms with Crippen LogP contribution in [0.3, 0.4) is 0 Å². The number of carbonyl (C=O) groups excluding carboxylic acids is 1. The molecular weight excluding hydrogens is 350 g/mol. The molecule has 126 valence electrons. The van der Waals surface area contributed by atoms with E-state index < -0.39 is 20.8 Å². The average Bonchev–Trinajstić information content (AvgIpc) is 2.98. The summed E-state index contributed by atoms with van der Waals surface area (Å²) in [6.07, 6.45) is 2.05. The lowest BCUT2D eigenvalue weighted by Crippen LogP contribution is -2.33. The standard InChI is InChI=1S/C15H15N3O4S2/c16-24(21,22)12-4-5-13-11(9-12)6-8-18(13)15(19)10-23(20)14-3-1-2-7-17-14/h1-5,7,9H,6,8,10H2,(H2,16,21,22). The molecule has 1 aromatic carbocycles. The summed E-state index contributed by atoms with van der Waals surface area (Å²) in [4.78, 5) is 18.0. The number of hydrogen-bond acceptors (Lipinski definition) is 5. The van der Waals surface area contributed by atoms with Crippen LogP contribution in [0.2, 0.25) is 0 Å². The van der Waals surface area contributed by atoms with Gasteiger partial charge in [0, 0.05) is 18.4 Å². The summed E-state index contributed by atoms with van der Waals surface area (Å²) < 4.78 is 35.0. The normalized spacial score (nSPS) is 15.1. The van der Waals surface area contributed by atoms with Crippen molar-refractivity contribution in [1.82, 2.24) is 4.98 Å². The zero-order valence-electron chi connectivity index (χ0n) is 12.6. The Balaban J connectivity index is 1.79. The Hall–Kier alpha value is -2.10. The van der Waals surface area contributed by atoms with Gasteiger partial charge in [-0.25, -0.2) is 18.5 Å². The van der Waals surface area contributed by atoms with E-state index in [-0.39, 0.29) is 16.6 Å². The molecule has 1 aliphatic heterocycles. The van der Waals surface area contributed by atoms with Crippen LogP contribution in [0, 0.1) is 0 Å². The fraction of sp³-hybridized carbons (Fsp3) is 0.200. The van der Waals surface area contributed by atoms with E-state index in [1.807, 2.05) is 0 Å². The van der Waals surface area contributed by atoms with Crippen LogP contribution < -0.4 is 10.0 Å². The third kappa shape index (κ3) is 3.37. The second-order valence-electron chi connectivity index (χ2n) is 5.29. The van der Waals surface area contributed by atoms with Crippen molar-refractivity contribution in [3.63, 3.8) is 0 Å². The summed E-state index contributed by atoms with van der Waals surface area (Å²) in [5.74, 6) is -0.464. The average molecular weight is 365 g/mol. The van der Waals surface area contributed by atoms with Gasteiger partial charge in [-0.05, 0) is 42.3 Å². The Morgan fingerprint density at radius 1 is 1.29 bits per heavy atom. The minimum Gasteiger partial charge on any atom is -0.311 e. The van der Waals surface area contributed by atoms with Gasteiger partial charge < -0.3 is 4.90 Å². The number of benzene rings is 1. The van der Waals surface area contributed by atoms with E-state index >= 15 is 0 Å². The molecule has 0 bridgehead atoms. The minimum atomic E-state index is -3.78. The fourth-order valence-electron chi connectivity index (χ4n) is 2.56. The highest BCUT2D eigenvalue weighted by atomic mass is 32.2. The number of nitrogens with zero attached hydrogens (tertiary/aromatic N) is 2. The zero-order chi connectivity index (χ0) is 17.3. The molecule has 1 atom stereocenters. The first-order chi connectivity index (χ1) is 11.4. The SMILES string of the molecule is NS(=O)(=O)c1ccc2c(c1)CCN2C(=O)CS(=O)c1ccccn1. The topological polar surface area (TPSA) is 110 Å². The van der Waals surface area contributed by atoms with Crippen LogP contribution in [0.15, 0.2) is 52.5 Å². The maximum absolute atomic E-state index is 12.4. The second kappa shape index (κ2) is 6.42. The number of sulfonamides is 1. The van der Waals surface area contributed by atoms with E-state index in [1.165, 1.54) is 23.2 Å². The molecule has 0 aliphatic carbocycles. The van der Waals surface area contributed by atoms with Crippen molar-refractivity contribution in [2.45, 2.75) is 16.3 Å². The Bertz CT molecular complexity index is 914. The van der Waals surface area contributed by atoms with Crippen LogP contribution in [0.5, 0.6) is 0 Å². The molecule has 7 nitrogen and oxygen atoms in total. The van der Waals surface area contributed by atoms with Crippen LogP contribution in [-0.4, -0.2) is 35.8 Å². The Labute approximate surface area is 142 Å². The number of anilines is 1. The largest absolute Gasteiger partial charge is 0.311 e. The molecule has 2 aromatic rings. The van der Waals surface area contributed by atoms with E-state index in [1.54, 1.807) is 24.3 Å². The molecule has 0 saturated carbocycles. The van der Waals surface area contributed by atoms with Gasteiger partial charge in [0.15, 0.2) is 0 Å². The molecule has 1 aliphatic rings. The summed E-state index contributed by atoms with van der Waals surface area (Å²) >= 11 is 0. The van der Waals surface area contributed by atoms with Gasteiger partial charge in [0.1, 0.15) is 10.8 Å². The van der Waals surface area contributed by atoms with Crippen molar-refractivity contribution in [2.24, 2.45) is 5.14 Å². The maximum atomic E-state index is 12.4. The van der Waals surface area contributed by atoms with Gasteiger partial charge >= 0.3 is 0 Å². The van der Waals surface area contributed by atoms with E-state index in [4.69, 9.17) is 5.14 Å². The molecule has 2 heterocycles. The molecule has 0 fully saturated rings. The Morgan fingerprint density at radius 2 is 2.08 bits per heavy atom. The predicted octanol–water partition coefficient (Wildman–Crippen LogP) is 0.426. The van der Waals surface area contributed by atoms with Crippen LogP contribution in [0.25, 0.3) is 0 Å². The molecule has 1 aromatic heterocycles. The monoisotopic (exact) mass is 365 g/mol. The van der Waals surface area contributed by atoms with Crippen LogP contribution >= 0.6 is 0 Å². The van der Waals surface area contributed by atoms with E-state index in [9.17, 15) is 17.4 Å². The number of hydrogen-bond donors (Lipinski definition) is 1. The van der Waals surface area contributed by atoms with Gasteiger partial charge in [0.25, 0.3) is 0 Å². The third-order valence-electron chi connectivity index (χ3n) is 3.70. The summed E-state index contributed by atoms with van der Waals surface area (Å²) in [5, 5.41) is 5.48. The molecule has 0 spiro atoms. The van der Waals surface area contributed by atoms with Gasteiger partial charge in [0.2, 0.25) is 15.9 Å². The summed E-state index contributed by atoms with van der Waals surface area (Å²) in [5.41, 5.74) is 1.36. The maximum Gasteiger partial charge on any atom is 0.240 e. The predicted molar refractivity (Wildman–Crippen MR) is 89.4 cm³/mol. The first-order valence-corrected chi connectivity index (χ1v) is 9.98. The number of pyridine rings is 1. The van der Waals surface area contributed by atoms with E-state index in [0.717, 1.165) is 5.56 Å². The van der Waals surface area contributed by atoms with Crippen molar-refractivity contribution in [1.29, 1.82) is 0 Å². The van der Waals surface area contributed by atoms with Gasteiger partial charge in [0.05, 0.1) is 15.7 Å². The lowest BCUT2D eigenvalue weighted by Gasteiger charge is -2.17. The summed E-state index contributed by atoms with van der Waals surface area (Å²) in [6, 6.07) is 9.44. The molecule has 9 heteroatoms. The van der Waals surface area contributed by atoms with E-state index in [0.29, 0.717) is 23.7 Å². The molecule has 0 saturated heterocycles. The number of aromatic nitrogens is 1. The second-order valence-corrected chi connectivity index (χ2v) is 8.25. The quantitative estimate of drug-likeness (QED) is 0.844. The minimum absolute atomic E-state index is 0.0209. The zero-order valence-corrected chi connectivity index (χ0v) is 14.2. The third-order valence-corrected chi connectivity index (χ3v) is 5.83. The molecular formula is C15H15N3O4S2. The summed E-state index contributed by atoms with van der Waals surface area (Å²) in [6.45, 7) is 0.418. The Kier molecular flexibility index (Phi) is 4.48. The first-order valence-electron chi connectivity index (χ1n) is 7.12. The number of nitrogens with two attached hydrogens (primary N) is 1. The highest BCUT2D eigenvalue weighted by Crippen LogP contribution is 2.30. The smallest absolute Gasteiger partial charge is 0.240 e. The van der Waals surface area contributed by atoms with Crippen molar-refractivity contribution in [3.05, 3.63) is 48.2 Å². The lowest BCUT2D eigenvalue weighted by atomic mass is 10.2. The molecule has 2 N–H and O–H groups in total. The number of primary sulfonamides is 1. The molecule has 1 unspecified atom stereocenters.